The van der Waals surface area contributed by atoms with Crippen LogP contribution in [-0.2, 0) is 10.0 Å². The van der Waals surface area contributed by atoms with Crippen molar-refractivity contribution < 1.29 is 8.42 Å². The standard InChI is InChI=1S/C17H20ClNO2S/c1-10-6-7-15(9-16(10)18)19-22(20,21)17-13(4)11(2)8-12(3)14(17)5/h6-9,19H,1-5H3. The lowest BCUT2D eigenvalue weighted by Gasteiger charge is -2.17. The van der Waals surface area contributed by atoms with Gasteiger partial charge in [-0.2, -0.15) is 0 Å². The van der Waals surface area contributed by atoms with Crippen LogP contribution in [0.4, 0.5) is 5.69 Å². The van der Waals surface area contributed by atoms with E-state index in [0.717, 1.165) is 27.8 Å². The zero-order chi connectivity index (χ0) is 16.7. The number of halogens is 1. The highest BCUT2D eigenvalue weighted by molar-refractivity contribution is 7.92. The number of aryl methyl sites for hydroxylation is 3. The molecular weight excluding hydrogens is 318 g/mol. The molecule has 22 heavy (non-hydrogen) atoms. The number of hydrogen-bond acceptors (Lipinski definition) is 2. The maximum absolute atomic E-state index is 12.8. The number of anilines is 1. The van der Waals surface area contributed by atoms with E-state index >= 15 is 0 Å². The molecule has 0 fully saturated rings. The monoisotopic (exact) mass is 337 g/mol. The maximum Gasteiger partial charge on any atom is 0.262 e. The number of nitrogens with one attached hydrogen (secondary N) is 1. The molecule has 0 saturated carbocycles. The minimum atomic E-state index is -3.66. The van der Waals surface area contributed by atoms with E-state index in [1.54, 1.807) is 18.2 Å². The third-order valence-electron chi connectivity index (χ3n) is 3.99. The van der Waals surface area contributed by atoms with Gasteiger partial charge in [0, 0.05) is 5.02 Å². The zero-order valence-electron chi connectivity index (χ0n) is 13.4. The fourth-order valence-corrected chi connectivity index (χ4v) is 4.29. The predicted molar refractivity (Wildman–Crippen MR) is 92.4 cm³/mol. The smallest absolute Gasteiger partial charge is 0.262 e. The van der Waals surface area contributed by atoms with Crippen molar-refractivity contribution in [1.82, 2.24) is 0 Å². The first-order valence-corrected chi connectivity index (χ1v) is 8.86. The van der Waals surface area contributed by atoms with Crippen molar-refractivity contribution in [3.63, 3.8) is 0 Å². The van der Waals surface area contributed by atoms with Gasteiger partial charge in [-0.3, -0.25) is 4.72 Å². The number of benzene rings is 2. The number of sulfonamides is 1. The fraction of sp³-hybridized carbons (Fsp3) is 0.294. The summed E-state index contributed by atoms with van der Waals surface area (Å²) >= 11 is 6.07. The summed E-state index contributed by atoms with van der Waals surface area (Å²) in [5, 5.41) is 0.536. The van der Waals surface area contributed by atoms with Crippen LogP contribution in [0.1, 0.15) is 27.8 Å². The second-order valence-corrected chi connectivity index (χ2v) is 7.69. The maximum atomic E-state index is 12.8. The molecule has 0 radical (unpaired) electrons. The molecule has 0 saturated heterocycles. The third kappa shape index (κ3) is 3.13. The Hall–Kier alpha value is -1.52. The van der Waals surface area contributed by atoms with Gasteiger partial charge in [0.05, 0.1) is 10.6 Å². The molecule has 1 N–H and O–H groups in total. The molecule has 0 heterocycles. The van der Waals surface area contributed by atoms with Gasteiger partial charge in [0.25, 0.3) is 10.0 Å². The topological polar surface area (TPSA) is 46.2 Å². The van der Waals surface area contributed by atoms with E-state index in [2.05, 4.69) is 4.72 Å². The quantitative estimate of drug-likeness (QED) is 0.883. The van der Waals surface area contributed by atoms with Crippen molar-refractivity contribution in [3.05, 3.63) is 57.1 Å². The first-order chi connectivity index (χ1) is 10.1. The normalized spacial score (nSPS) is 11.5. The molecule has 5 heteroatoms. The van der Waals surface area contributed by atoms with Gasteiger partial charge in [0.1, 0.15) is 0 Å². The van der Waals surface area contributed by atoms with Crippen LogP contribution in [0.5, 0.6) is 0 Å². The Kier molecular flexibility index (Phi) is 4.54. The summed E-state index contributed by atoms with van der Waals surface area (Å²) in [4.78, 5) is 0.349. The highest BCUT2D eigenvalue weighted by Crippen LogP contribution is 2.29. The molecule has 0 amide bonds. The molecule has 3 nitrogen and oxygen atoms in total. The van der Waals surface area contributed by atoms with Crippen molar-refractivity contribution in [1.29, 1.82) is 0 Å². The van der Waals surface area contributed by atoms with Crippen molar-refractivity contribution in [2.24, 2.45) is 0 Å². The molecule has 0 aliphatic carbocycles. The second-order valence-electron chi connectivity index (χ2n) is 5.66. The van der Waals surface area contributed by atoms with Gasteiger partial charge in [0.15, 0.2) is 0 Å². The van der Waals surface area contributed by atoms with Crippen LogP contribution in [0, 0.1) is 34.6 Å². The number of hydrogen-bond donors (Lipinski definition) is 1. The van der Waals surface area contributed by atoms with Crippen LogP contribution >= 0.6 is 11.6 Å². The Morgan fingerprint density at radius 2 is 1.41 bits per heavy atom. The van der Waals surface area contributed by atoms with E-state index < -0.39 is 10.0 Å². The fourth-order valence-electron chi connectivity index (χ4n) is 2.45. The van der Waals surface area contributed by atoms with Gasteiger partial charge in [-0.25, -0.2) is 8.42 Å². The highest BCUT2D eigenvalue weighted by Gasteiger charge is 2.22. The van der Waals surface area contributed by atoms with Crippen LogP contribution in [0.15, 0.2) is 29.2 Å². The lowest BCUT2D eigenvalue weighted by atomic mass is 10.0. The molecule has 0 bridgehead atoms. The van der Waals surface area contributed by atoms with Crippen LogP contribution in [0.3, 0.4) is 0 Å². The molecule has 118 valence electrons. The van der Waals surface area contributed by atoms with Gasteiger partial charge >= 0.3 is 0 Å². The Bertz CT molecular complexity index is 816. The van der Waals surface area contributed by atoms with E-state index in [9.17, 15) is 8.42 Å². The van der Waals surface area contributed by atoms with Crippen molar-refractivity contribution in [2.45, 2.75) is 39.5 Å². The van der Waals surface area contributed by atoms with Gasteiger partial charge in [-0.05, 0) is 74.6 Å². The molecule has 0 atom stereocenters. The van der Waals surface area contributed by atoms with Gasteiger partial charge < -0.3 is 0 Å². The first-order valence-electron chi connectivity index (χ1n) is 7.00. The van der Waals surface area contributed by atoms with E-state index in [1.165, 1.54) is 0 Å². The van der Waals surface area contributed by atoms with E-state index in [4.69, 9.17) is 11.6 Å². The summed E-state index contributed by atoms with van der Waals surface area (Å²) in [5.74, 6) is 0. The van der Waals surface area contributed by atoms with Crippen LogP contribution in [0.2, 0.25) is 5.02 Å². The van der Waals surface area contributed by atoms with Crippen LogP contribution < -0.4 is 4.72 Å². The molecule has 0 aromatic heterocycles. The Morgan fingerprint density at radius 1 is 0.864 bits per heavy atom. The zero-order valence-corrected chi connectivity index (χ0v) is 15.0. The number of rotatable bonds is 3. The molecule has 0 unspecified atom stereocenters. The minimum Gasteiger partial charge on any atom is -0.280 e. The molecule has 0 aliphatic rings. The third-order valence-corrected chi connectivity index (χ3v) is 6.05. The minimum absolute atomic E-state index is 0.349. The van der Waals surface area contributed by atoms with E-state index in [0.29, 0.717) is 15.6 Å². The average molecular weight is 338 g/mol. The Labute approximate surface area is 137 Å². The molecule has 2 aromatic carbocycles. The van der Waals surface area contributed by atoms with Gasteiger partial charge in [0.2, 0.25) is 0 Å². The van der Waals surface area contributed by atoms with Gasteiger partial charge in [-0.1, -0.05) is 23.7 Å². The predicted octanol–water partition coefficient (Wildman–Crippen LogP) is 4.68. The molecular formula is C17H20ClNO2S. The van der Waals surface area contributed by atoms with Crippen molar-refractivity contribution in [3.8, 4) is 0 Å². The van der Waals surface area contributed by atoms with E-state index in [-0.39, 0.29) is 0 Å². The van der Waals surface area contributed by atoms with Crippen LogP contribution in [-0.4, -0.2) is 8.42 Å². The van der Waals surface area contributed by atoms with E-state index in [1.807, 2.05) is 40.7 Å². The van der Waals surface area contributed by atoms with Crippen molar-refractivity contribution >= 4 is 27.3 Å². The summed E-state index contributed by atoms with van der Waals surface area (Å²) in [5.41, 5.74) is 4.84. The second kappa shape index (κ2) is 5.94. The molecule has 2 rings (SSSR count). The summed E-state index contributed by atoms with van der Waals surface area (Å²) in [6, 6.07) is 7.14. The average Bonchev–Trinajstić information content (AvgIpc) is 2.40. The SMILES string of the molecule is Cc1ccc(NS(=O)(=O)c2c(C)c(C)cc(C)c2C)cc1Cl. The summed E-state index contributed by atoms with van der Waals surface area (Å²) in [6.45, 7) is 9.38. The molecule has 0 spiro atoms. The Balaban J connectivity index is 2.54. The summed E-state index contributed by atoms with van der Waals surface area (Å²) in [7, 11) is -3.66. The summed E-state index contributed by atoms with van der Waals surface area (Å²) in [6.07, 6.45) is 0. The molecule has 2 aromatic rings. The molecule has 0 aliphatic heterocycles. The van der Waals surface area contributed by atoms with Crippen molar-refractivity contribution in [2.75, 3.05) is 4.72 Å². The Morgan fingerprint density at radius 3 is 1.91 bits per heavy atom. The summed E-state index contributed by atoms with van der Waals surface area (Å²) < 4.78 is 28.2. The highest BCUT2D eigenvalue weighted by atomic mass is 35.5. The first kappa shape index (κ1) is 16.8. The lowest BCUT2D eigenvalue weighted by Crippen LogP contribution is -2.17. The van der Waals surface area contributed by atoms with Crippen LogP contribution in [0.25, 0.3) is 0 Å². The van der Waals surface area contributed by atoms with Gasteiger partial charge in [-0.15, -0.1) is 0 Å². The largest absolute Gasteiger partial charge is 0.280 e. The lowest BCUT2D eigenvalue weighted by molar-refractivity contribution is 0.599.